The van der Waals surface area contributed by atoms with Gasteiger partial charge in [0.1, 0.15) is 5.82 Å². The van der Waals surface area contributed by atoms with E-state index in [2.05, 4.69) is 48.2 Å². The van der Waals surface area contributed by atoms with Crippen LogP contribution in [0.3, 0.4) is 0 Å². The summed E-state index contributed by atoms with van der Waals surface area (Å²) < 4.78 is 19.4. The van der Waals surface area contributed by atoms with Crippen molar-refractivity contribution >= 4 is 0 Å². The molecule has 0 aromatic heterocycles. The van der Waals surface area contributed by atoms with Gasteiger partial charge in [-0.25, -0.2) is 4.39 Å². The summed E-state index contributed by atoms with van der Waals surface area (Å²) in [5.74, 6) is -0.147. The fourth-order valence-electron chi connectivity index (χ4n) is 4.00. The van der Waals surface area contributed by atoms with E-state index in [-0.39, 0.29) is 5.82 Å². The van der Waals surface area contributed by atoms with Gasteiger partial charge in [-0.05, 0) is 48.6 Å². The van der Waals surface area contributed by atoms with Gasteiger partial charge < -0.3 is 4.74 Å². The van der Waals surface area contributed by atoms with E-state index < -0.39 is 0 Å². The van der Waals surface area contributed by atoms with E-state index in [9.17, 15) is 4.39 Å². The summed E-state index contributed by atoms with van der Waals surface area (Å²) in [5, 5.41) is 0. The lowest BCUT2D eigenvalue weighted by Crippen LogP contribution is -2.53. The van der Waals surface area contributed by atoms with Gasteiger partial charge in [0.15, 0.2) is 0 Å². The first-order chi connectivity index (χ1) is 12.2. The van der Waals surface area contributed by atoms with Crippen LogP contribution in [0.5, 0.6) is 0 Å². The smallest absolute Gasteiger partial charge is 0.123 e. The third-order valence-electron chi connectivity index (χ3n) is 5.36. The van der Waals surface area contributed by atoms with Crippen molar-refractivity contribution in [2.45, 2.75) is 38.4 Å². The monoisotopic (exact) mass is 337 g/mol. The van der Waals surface area contributed by atoms with Crippen LogP contribution in [-0.4, -0.2) is 30.2 Å². The Morgan fingerprint density at radius 3 is 2.76 bits per heavy atom. The molecule has 2 aromatic carbocycles. The first-order valence-electron chi connectivity index (χ1n) is 9.01. The topological polar surface area (TPSA) is 12.5 Å². The van der Waals surface area contributed by atoms with Gasteiger partial charge in [0.2, 0.25) is 0 Å². The van der Waals surface area contributed by atoms with Crippen molar-refractivity contribution in [1.82, 2.24) is 4.90 Å². The number of hydrogen-bond donors (Lipinski definition) is 0. The number of nitrogens with zero attached hydrogens (tertiary/aromatic N) is 1. The van der Waals surface area contributed by atoms with E-state index in [4.69, 9.17) is 4.74 Å². The SMILES string of the molecule is Cc1ccc(F)cc1CC1=CC2COCC(C1)N2Cc1ccccc1. The predicted octanol–water partition coefficient (Wildman–Crippen LogP) is 4.28. The number of aryl methyl sites for hydroxylation is 1. The molecular formula is C22H24FNO. The summed E-state index contributed by atoms with van der Waals surface area (Å²) in [7, 11) is 0. The van der Waals surface area contributed by atoms with Crippen LogP contribution in [-0.2, 0) is 17.7 Å². The molecule has 2 aliphatic rings. The van der Waals surface area contributed by atoms with Crippen LogP contribution in [0.1, 0.15) is 23.1 Å². The predicted molar refractivity (Wildman–Crippen MR) is 97.9 cm³/mol. The summed E-state index contributed by atoms with van der Waals surface area (Å²) in [6.07, 6.45) is 4.19. The van der Waals surface area contributed by atoms with Gasteiger partial charge in [-0.3, -0.25) is 4.90 Å². The van der Waals surface area contributed by atoms with Crippen molar-refractivity contribution in [3.63, 3.8) is 0 Å². The highest BCUT2D eigenvalue weighted by Crippen LogP contribution is 2.30. The van der Waals surface area contributed by atoms with Crippen LogP contribution in [0.4, 0.5) is 4.39 Å². The minimum Gasteiger partial charge on any atom is -0.378 e. The van der Waals surface area contributed by atoms with E-state index in [1.807, 2.05) is 6.07 Å². The number of halogens is 1. The zero-order valence-corrected chi connectivity index (χ0v) is 14.6. The molecular weight excluding hydrogens is 313 g/mol. The van der Waals surface area contributed by atoms with Crippen LogP contribution in [0.2, 0.25) is 0 Å². The summed E-state index contributed by atoms with van der Waals surface area (Å²) in [5.41, 5.74) is 5.02. The summed E-state index contributed by atoms with van der Waals surface area (Å²) in [6, 6.07) is 16.4. The highest BCUT2D eigenvalue weighted by Gasteiger charge is 2.34. The van der Waals surface area contributed by atoms with Crippen LogP contribution in [0.25, 0.3) is 0 Å². The molecule has 2 bridgehead atoms. The summed E-state index contributed by atoms with van der Waals surface area (Å²) in [4.78, 5) is 2.56. The first-order valence-corrected chi connectivity index (χ1v) is 9.01. The molecule has 0 N–H and O–H groups in total. The Morgan fingerprint density at radius 2 is 1.96 bits per heavy atom. The van der Waals surface area contributed by atoms with E-state index in [1.165, 1.54) is 17.2 Å². The Labute approximate surface area is 148 Å². The maximum atomic E-state index is 13.6. The van der Waals surface area contributed by atoms with Crippen molar-refractivity contribution < 1.29 is 9.13 Å². The number of rotatable bonds is 4. The molecule has 25 heavy (non-hydrogen) atoms. The zero-order chi connectivity index (χ0) is 17.2. The Hall–Kier alpha value is -1.97. The van der Waals surface area contributed by atoms with Gasteiger partial charge in [-0.1, -0.05) is 48.0 Å². The van der Waals surface area contributed by atoms with Crippen LogP contribution >= 0.6 is 0 Å². The Morgan fingerprint density at radius 1 is 1.12 bits per heavy atom. The maximum absolute atomic E-state index is 13.6. The molecule has 1 fully saturated rings. The summed E-state index contributed by atoms with van der Waals surface area (Å²) >= 11 is 0. The average molecular weight is 337 g/mol. The van der Waals surface area contributed by atoms with Crippen LogP contribution < -0.4 is 0 Å². The van der Waals surface area contributed by atoms with E-state index in [0.717, 1.165) is 43.7 Å². The van der Waals surface area contributed by atoms with Crippen molar-refractivity contribution in [2.24, 2.45) is 0 Å². The number of benzene rings is 2. The molecule has 2 unspecified atom stereocenters. The number of fused-ring (bicyclic) bond motifs is 2. The second-order valence-electron chi connectivity index (χ2n) is 7.19. The molecule has 2 atom stereocenters. The van der Waals surface area contributed by atoms with Gasteiger partial charge >= 0.3 is 0 Å². The Bertz CT molecular complexity index is 771. The first kappa shape index (κ1) is 16.5. The van der Waals surface area contributed by atoms with Crippen LogP contribution in [0.15, 0.2) is 60.2 Å². The zero-order valence-electron chi connectivity index (χ0n) is 14.6. The largest absolute Gasteiger partial charge is 0.378 e. The normalized spacial score (nSPS) is 23.4. The molecule has 0 spiro atoms. The average Bonchev–Trinajstić information content (AvgIpc) is 2.60. The van der Waals surface area contributed by atoms with Gasteiger partial charge in [-0.15, -0.1) is 0 Å². The Kier molecular flexibility index (Phi) is 4.69. The summed E-state index contributed by atoms with van der Waals surface area (Å²) in [6.45, 7) is 4.55. The highest BCUT2D eigenvalue weighted by molar-refractivity contribution is 5.32. The number of morpholine rings is 1. The minimum absolute atomic E-state index is 0.147. The number of hydrogen-bond acceptors (Lipinski definition) is 2. The second-order valence-corrected chi connectivity index (χ2v) is 7.19. The Balaban J connectivity index is 1.53. The number of ether oxygens (including phenoxy) is 1. The van der Waals surface area contributed by atoms with Gasteiger partial charge in [0.05, 0.1) is 19.3 Å². The van der Waals surface area contributed by atoms with E-state index in [0.29, 0.717) is 12.1 Å². The van der Waals surface area contributed by atoms with Gasteiger partial charge in [-0.2, -0.15) is 0 Å². The fourth-order valence-corrected chi connectivity index (χ4v) is 4.00. The standard InChI is InChI=1S/C22H24FNO/c1-16-7-8-20(23)12-19(16)9-18-10-21-14-25-15-22(11-18)24(21)13-17-5-3-2-4-6-17/h2-8,10,12,21-22H,9,11,13-15H2,1H3. The molecule has 2 aliphatic heterocycles. The van der Waals surface area contributed by atoms with Crippen LogP contribution in [0, 0.1) is 12.7 Å². The molecule has 2 nitrogen and oxygen atoms in total. The van der Waals surface area contributed by atoms with Crippen molar-refractivity contribution in [2.75, 3.05) is 13.2 Å². The third-order valence-corrected chi connectivity index (χ3v) is 5.36. The molecule has 2 aromatic rings. The fraction of sp³-hybridized carbons (Fsp3) is 0.364. The molecule has 1 saturated heterocycles. The second kappa shape index (κ2) is 7.11. The third kappa shape index (κ3) is 3.68. The lowest BCUT2D eigenvalue weighted by Gasteiger charge is -2.45. The molecule has 0 radical (unpaired) electrons. The molecule has 4 rings (SSSR count). The highest BCUT2D eigenvalue weighted by atomic mass is 19.1. The molecule has 130 valence electrons. The van der Waals surface area contributed by atoms with Gasteiger partial charge in [0.25, 0.3) is 0 Å². The molecule has 2 heterocycles. The maximum Gasteiger partial charge on any atom is 0.123 e. The molecule has 0 amide bonds. The minimum atomic E-state index is -0.147. The van der Waals surface area contributed by atoms with Crippen molar-refractivity contribution in [3.8, 4) is 0 Å². The quantitative estimate of drug-likeness (QED) is 0.772. The van der Waals surface area contributed by atoms with Gasteiger partial charge in [0, 0.05) is 12.6 Å². The van der Waals surface area contributed by atoms with E-state index >= 15 is 0 Å². The lowest BCUT2D eigenvalue weighted by atomic mass is 9.89. The molecule has 3 heteroatoms. The molecule has 0 aliphatic carbocycles. The van der Waals surface area contributed by atoms with Crippen molar-refractivity contribution in [3.05, 3.63) is 82.7 Å². The van der Waals surface area contributed by atoms with Crippen molar-refractivity contribution in [1.29, 1.82) is 0 Å². The molecule has 0 saturated carbocycles. The lowest BCUT2D eigenvalue weighted by molar-refractivity contribution is -0.0440. The van der Waals surface area contributed by atoms with E-state index in [1.54, 1.807) is 6.07 Å².